The van der Waals surface area contributed by atoms with Gasteiger partial charge in [0.15, 0.2) is 0 Å². The molecule has 0 amide bonds. The number of fused-ring (bicyclic) bond motifs is 7. The molecular formula is C42H27NO. The Balaban J connectivity index is 1.22. The Morgan fingerprint density at radius 1 is 0.364 bits per heavy atom. The second-order valence-corrected chi connectivity index (χ2v) is 11.4. The van der Waals surface area contributed by atoms with Gasteiger partial charge in [0.25, 0.3) is 0 Å². The van der Waals surface area contributed by atoms with Crippen LogP contribution in [0.2, 0.25) is 0 Å². The van der Waals surface area contributed by atoms with Gasteiger partial charge in [0.05, 0.1) is 0 Å². The zero-order valence-electron chi connectivity index (χ0n) is 23.9. The summed E-state index contributed by atoms with van der Waals surface area (Å²) in [5.74, 6) is 0. The van der Waals surface area contributed by atoms with E-state index >= 15 is 0 Å². The van der Waals surface area contributed by atoms with Gasteiger partial charge in [-0.25, -0.2) is 0 Å². The van der Waals surface area contributed by atoms with Crippen LogP contribution in [0, 0.1) is 0 Å². The molecule has 2 heteroatoms. The molecule has 0 bridgehead atoms. The minimum absolute atomic E-state index is 0.881. The molecule has 0 aliphatic heterocycles. The van der Waals surface area contributed by atoms with Crippen molar-refractivity contribution in [1.29, 1.82) is 0 Å². The summed E-state index contributed by atoms with van der Waals surface area (Å²) < 4.78 is 6.48. The van der Waals surface area contributed by atoms with Gasteiger partial charge in [0, 0.05) is 33.9 Å². The topological polar surface area (TPSA) is 16.4 Å². The molecule has 0 saturated heterocycles. The third-order valence-corrected chi connectivity index (χ3v) is 8.82. The zero-order chi connectivity index (χ0) is 29.0. The highest BCUT2D eigenvalue weighted by Crippen LogP contribution is 2.41. The summed E-state index contributed by atoms with van der Waals surface area (Å²) in [5, 5.41) is 9.67. The molecule has 0 unspecified atom stereocenters. The van der Waals surface area contributed by atoms with E-state index in [1.54, 1.807) is 0 Å². The van der Waals surface area contributed by atoms with Crippen LogP contribution >= 0.6 is 0 Å². The molecule has 0 radical (unpaired) electrons. The first kappa shape index (κ1) is 24.7. The summed E-state index contributed by atoms with van der Waals surface area (Å²) in [7, 11) is 0. The molecule has 1 heterocycles. The predicted octanol–water partition coefficient (Wildman–Crippen LogP) is 12.2. The van der Waals surface area contributed by atoms with E-state index in [0.29, 0.717) is 0 Å². The van der Waals surface area contributed by atoms with Crippen LogP contribution in [0.3, 0.4) is 0 Å². The number of hydrogen-bond donors (Lipinski definition) is 0. The molecule has 8 aromatic carbocycles. The Bertz CT molecular complexity index is 2500. The van der Waals surface area contributed by atoms with Crippen molar-refractivity contribution in [2.75, 3.05) is 4.90 Å². The minimum Gasteiger partial charge on any atom is -0.456 e. The fourth-order valence-electron chi connectivity index (χ4n) is 6.70. The second-order valence-electron chi connectivity index (χ2n) is 11.4. The lowest BCUT2D eigenvalue weighted by Gasteiger charge is -2.26. The average Bonchev–Trinajstić information content (AvgIpc) is 3.47. The van der Waals surface area contributed by atoms with Gasteiger partial charge in [-0.1, -0.05) is 115 Å². The molecule has 0 saturated carbocycles. The van der Waals surface area contributed by atoms with Gasteiger partial charge in [-0.3, -0.25) is 0 Å². The average molecular weight is 562 g/mol. The highest BCUT2D eigenvalue weighted by molar-refractivity contribution is 6.19. The molecule has 0 fully saturated rings. The van der Waals surface area contributed by atoms with Crippen LogP contribution in [0.4, 0.5) is 17.1 Å². The maximum Gasteiger partial charge on any atom is 0.137 e. The fraction of sp³-hybridized carbons (Fsp3) is 0. The van der Waals surface area contributed by atoms with Crippen LogP contribution < -0.4 is 4.90 Å². The molecule has 0 aliphatic carbocycles. The lowest BCUT2D eigenvalue weighted by molar-refractivity contribution is 0.669. The molecule has 1 aromatic heterocycles. The Morgan fingerprint density at radius 2 is 0.977 bits per heavy atom. The minimum atomic E-state index is 0.881. The van der Waals surface area contributed by atoms with Crippen molar-refractivity contribution in [3.8, 4) is 11.1 Å². The number of hydrogen-bond acceptors (Lipinski definition) is 2. The second kappa shape index (κ2) is 9.86. The highest BCUT2D eigenvalue weighted by atomic mass is 16.3. The number of furan rings is 1. The number of benzene rings is 8. The molecule has 9 aromatic rings. The first-order valence-electron chi connectivity index (χ1n) is 15.0. The van der Waals surface area contributed by atoms with Crippen LogP contribution in [0.15, 0.2) is 168 Å². The molecule has 0 atom stereocenters. The largest absolute Gasteiger partial charge is 0.456 e. The SMILES string of the molecule is c1ccc2cc(N(c3ccc(-c4cccc5ccccc45)cc3)c3ccc4c(c3)oc3ccc5ccccc5c34)ccc2c1. The Hall–Kier alpha value is -5.86. The van der Waals surface area contributed by atoms with E-state index in [-0.39, 0.29) is 0 Å². The third-order valence-electron chi connectivity index (χ3n) is 8.82. The molecule has 2 nitrogen and oxygen atoms in total. The fourth-order valence-corrected chi connectivity index (χ4v) is 6.70. The van der Waals surface area contributed by atoms with Crippen molar-refractivity contribution >= 4 is 71.3 Å². The van der Waals surface area contributed by atoms with E-state index in [2.05, 4.69) is 169 Å². The number of nitrogens with zero attached hydrogens (tertiary/aromatic N) is 1. The van der Waals surface area contributed by atoms with Gasteiger partial charge in [-0.2, -0.15) is 0 Å². The Morgan fingerprint density at radius 3 is 1.82 bits per heavy atom. The van der Waals surface area contributed by atoms with Crippen LogP contribution in [-0.2, 0) is 0 Å². The van der Waals surface area contributed by atoms with Crippen molar-refractivity contribution in [3.63, 3.8) is 0 Å². The van der Waals surface area contributed by atoms with Gasteiger partial charge >= 0.3 is 0 Å². The van der Waals surface area contributed by atoms with E-state index in [1.165, 1.54) is 48.8 Å². The standard InChI is InChI=1S/C42H27NO/c1-2-11-32-26-34(22-16-28(32)8-1)43(33-20-17-31(18-21-33)37-15-7-12-29-9-3-5-13-36(29)37)35-23-24-39-41(27-35)44-40-25-19-30-10-4-6-14-38(30)42(39)40/h1-27H. The molecule has 44 heavy (non-hydrogen) atoms. The zero-order valence-corrected chi connectivity index (χ0v) is 23.9. The van der Waals surface area contributed by atoms with Crippen LogP contribution in [-0.4, -0.2) is 0 Å². The smallest absolute Gasteiger partial charge is 0.137 e. The maximum absolute atomic E-state index is 6.48. The lowest BCUT2D eigenvalue weighted by Crippen LogP contribution is -2.09. The van der Waals surface area contributed by atoms with Crippen LogP contribution in [0.1, 0.15) is 0 Å². The summed E-state index contributed by atoms with van der Waals surface area (Å²) in [4.78, 5) is 2.32. The molecule has 206 valence electrons. The quantitative estimate of drug-likeness (QED) is 0.212. The normalized spacial score (nSPS) is 11.6. The van der Waals surface area contributed by atoms with Crippen LogP contribution in [0.25, 0.3) is 65.4 Å². The predicted molar refractivity (Wildman–Crippen MR) is 186 cm³/mol. The van der Waals surface area contributed by atoms with Gasteiger partial charge in [0.2, 0.25) is 0 Å². The molecular weight excluding hydrogens is 534 g/mol. The third kappa shape index (κ3) is 3.96. The van der Waals surface area contributed by atoms with Crippen molar-refractivity contribution in [1.82, 2.24) is 0 Å². The Labute approximate surface area is 255 Å². The number of rotatable bonds is 4. The summed E-state index contributed by atoms with van der Waals surface area (Å²) in [6.07, 6.45) is 0. The molecule has 0 spiro atoms. The van der Waals surface area contributed by atoms with Crippen molar-refractivity contribution < 1.29 is 4.42 Å². The first-order valence-corrected chi connectivity index (χ1v) is 15.0. The monoisotopic (exact) mass is 561 g/mol. The van der Waals surface area contributed by atoms with Crippen molar-refractivity contribution in [2.24, 2.45) is 0 Å². The summed E-state index contributed by atoms with van der Waals surface area (Å²) in [6.45, 7) is 0. The van der Waals surface area contributed by atoms with Gasteiger partial charge < -0.3 is 9.32 Å². The summed E-state index contributed by atoms with van der Waals surface area (Å²) in [6, 6.07) is 58.6. The van der Waals surface area contributed by atoms with E-state index < -0.39 is 0 Å². The van der Waals surface area contributed by atoms with Crippen molar-refractivity contribution in [3.05, 3.63) is 164 Å². The molecule has 9 rings (SSSR count). The van der Waals surface area contributed by atoms with Crippen LogP contribution in [0.5, 0.6) is 0 Å². The van der Waals surface area contributed by atoms with E-state index in [9.17, 15) is 0 Å². The molecule has 0 N–H and O–H groups in total. The maximum atomic E-state index is 6.48. The first-order chi connectivity index (χ1) is 21.8. The van der Waals surface area contributed by atoms with Crippen molar-refractivity contribution in [2.45, 2.75) is 0 Å². The highest BCUT2D eigenvalue weighted by Gasteiger charge is 2.17. The summed E-state index contributed by atoms with van der Waals surface area (Å²) in [5.41, 5.74) is 7.47. The number of anilines is 3. The lowest BCUT2D eigenvalue weighted by atomic mass is 9.98. The van der Waals surface area contributed by atoms with E-state index in [4.69, 9.17) is 4.42 Å². The van der Waals surface area contributed by atoms with Gasteiger partial charge in [-0.15, -0.1) is 0 Å². The molecule has 0 aliphatic rings. The Kier molecular flexibility index (Phi) is 5.54. The van der Waals surface area contributed by atoms with Gasteiger partial charge in [0.1, 0.15) is 11.2 Å². The van der Waals surface area contributed by atoms with E-state index in [0.717, 1.165) is 33.6 Å². The van der Waals surface area contributed by atoms with E-state index in [1.807, 2.05) is 0 Å². The van der Waals surface area contributed by atoms with Gasteiger partial charge in [-0.05, 0) is 85.9 Å². The summed E-state index contributed by atoms with van der Waals surface area (Å²) >= 11 is 0.